The number of methoxy groups -OCH3 is 2. The van der Waals surface area contributed by atoms with Gasteiger partial charge in [-0.1, -0.05) is 18.2 Å². The van der Waals surface area contributed by atoms with Gasteiger partial charge in [0.05, 0.1) is 20.8 Å². The average molecular weight is 433 g/mol. The van der Waals surface area contributed by atoms with Gasteiger partial charge < -0.3 is 19.5 Å². The van der Waals surface area contributed by atoms with E-state index in [9.17, 15) is 4.79 Å². The van der Waals surface area contributed by atoms with Crippen LogP contribution in [0.15, 0.2) is 73.2 Å². The first-order valence-electron chi connectivity index (χ1n) is 9.91. The van der Waals surface area contributed by atoms with Crippen LogP contribution in [0.3, 0.4) is 0 Å². The maximum Gasteiger partial charge on any atom is 0.276 e. The molecule has 0 aliphatic heterocycles. The summed E-state index contributed by atoms with van der Waals surface area (Å²) in [4.78, 5) is 12.6. The van der Waals surface area contributed by atoms with E-state index in [1.54, 1.807) is 44.8 Å². The SMILES string of the molecule is COc1cccc(OC)c1OCn1ccc(C(=O)Nc2cccc(Cn3cccn3)c2)n1. The van der Waals surface area contributed by atoms with Gasteiger partial charge in [-0.25, -0.2) is 4.68 Å². The number of ether oxygens (including phenoxy) is 3. The first-order valence-corrected chi connectivity index (χ1v) is 9.91. The molecule has 4 aromatic rings. The minimum absolute atomic E-state index is 0.0867. The number of anilines is 1. The number of carbonyl (C=O) groups excluding carboxylic acids is 1. The van der Waals surface area contributed by atoms with E-state index in [4.69, 9.17) is 14.2 Å². The first kappa shape index (κ1) is 21.0. The van der Waals surface area contributed by atoms with Crippen LogP contribution in [-0.2, 0) is 13.3 Å². The Balaban J connectivity index is 1.39. The summed E-state index contributed by atoms with van der Waals surface area (Å²) < 4.78 is 19.8. The summed E-state index contributed by atoms with van der Waals surface area (Å²) in [7, 11) is 3.12. The normalized spacial score (nSPS) is 10.6. The van der Waals surface area contributed by atoms with Gasteiger partial charge in [0.15, 0.2) is 23.9 Å². The van der Waals surface area contributed by atoms with Crippen molar-refractivity contribution in [3.8, 4) is 17.2 Å². The molecule has 0 aliphatic carbocycles. The summed E-state index contributed by atoms with van der Waals surface area (Å²) in [5.41, 5.74) is 1.98. The molecule has 2 heterocycles. The summed E-state index contributed by atoms with van der Waals surface area (Å²) in [6.45, 7) is 0.707. The Morgan fingerprint density at radius 3 is 2.47 bits per heavy atom. The van der Waals surface area contributed by atoms with Crippen LogP contribution in [0.2, 0.25) is 0 Å². The second kappa shape index (κ2) is 9.69. The average Bonchev–Trinajstić information content (AvgIpc) is 3.50. The van der Waals surface area contributed by atoms with Crippen LogP contribution < -0.4 is 19.5 Å². The maximum absolute atomic E-state index is 12.6. The van der Waals surface area contributed by atoms with Crippen molar-refractivity contribution in [2.75, 3.05) is 19.5 Å². The Bertz CT molecular complexity index is 1160. The molecule has 4 rings (SSSR count). The highest BCUT2D eigenvalue weighted by Crippen LogP contribution is 2.36. The van der Waals surface area contributed by atoms with Crippen molar-refractivity contribution in [1.82, 2.24) is 19.6 Å². The van der Waals surface area contributed by atoms with E-state index >= 15 is 0 Å². The Morgan fingerprint density at radius 1 is 0.969 bits per heavy atom. The van der Waals surface area contributed by atoms with Gasteiger partial charge in [0.25, 0.3) is 5.91 Å². The number of nitrogens with zero attached hydrogens (tertiary/aromatic N) is 4. The molecule has 0 spiro atoms. The third-order valence-corrected chi connectivity index (χ3v) is 4.69. The van der Waals surface area contributed by atoms with E-state index in [0.717, 1.165) is 5.56 Å². The lowest BCUT2D eigenvalue weighted by atomic mass is 10.2. The Kier molecular flexibility index (Phi) is 6.35. The van der Waals surface area contributed by atoms with E-state index in [0.29, 0.717) is 29.5 Å². The van der Waals surface area contributed by atoms with Crippen molar-refractivity contribution in [3.05, 3.63) is 84.4 Å². The van der Waals surface area contributed by atoms with Crippen LogP contribution in [0.5, 0.6) is 17.2 Å². The highest BCUT2D eigenvalue weighted by molar-refractivity contribution is 6.02. The van der Waals surface area contributed by atoms with Gasteiger partial charge in [-0.3, -0.25) is 9.48 Å². The summed E-state index contributed by atoms with van der Waals surface area (Å²) in [5.74, 6) is 1.25. The van der Waals surface area contributed by atoms with Gasteiger partial charge in [0.2, 0.25) is 5.75 Å². The van der Waals surface area contributed by atoms with E-state index in [1.807, 2.05) is 47.3 Å². The molecule has 0 fully saturated rings. The van der Waals surface area contributed by atoms with Gasteiger partial charge in [-0.2, -0.15) is 10.2 Å². The number of nitrogens with one attached hydrogen (secondary N) is 1. The molecular formula is C23H23N5O4. The third kappa shape index (κ3) is 4.89. The second-order valence-corrected chi connectivity index (χ2v) is 6.86. The zero-order valence-electron chi connectivity index (χ0n) is 17.8. The van der Waals surface area contributed by atoms with Crippen molar-refractivity contribution >= 4 is 11.6 Å². The standard InChI is InChI=1S/C23H23N5O4/c1-30-20-8-4-9-21(31-2)22(20)32-16-28-13-10-19(26-28)23(29)25-18-7-3-6-17(14-18)15-27-12-5-11-24-27/h3-14H,15-16H2,1-2H3,(H,25,29). The molecule has 0 aliphatic rings. The lowest BCUT2D eigenvalue weighted by Crippen LogP contribution is -2.14. The number of hydrogen-bond donors (Lipinski definition) is 1. The molecule has 0 bridgehead atoms. The van der Waals surface area contributed by atoms with Crippen molar-refractivity contribution in [2.45, 2.75) is 13.3 Å². The number of benzene rings is 2. The topological polar surface area (TPSA) is 92.4 Å². The van der Waals surface area contributed by atoms with Gasteiger partial charge in [-0.05, 0) is 42.0 Å². The predicted molar refractivity (Wildman–Crippen MR) is 118 cm³/mol. The van der Waals surface area contributed by atoms with E-state index in [-0.39, 0.29) is 18.3 Å². The number of aromatic nitrogens is 4. The second-order valence-electron chi connectivity index (χ2n) is 6.86. The number of para-hydroxylation sites is 1. The van der Waals surface area contributed by atoms with Crippen LogP contribution in [0.1, 0.15) is 16.1 Å². The molecule has 9 nitrogen and oxygen atoms in total. The van der Waals surface area contributed by atoms with Gasteiger partial charge in [0, 0.05) is 24.3 Å². The molecule has 9 heteroatoms. The van der Waals surface area contributed by atoms with E-state index in [2.05, 4.69) is 15.5 Å². The van der Waals surface area contributed by atoms with Crippen molar-refractivity contribution in [1.29, 1.82) is 0 Å². The van der Waals surface area contributed by atoms with Gasteiger partial charge in [-0.15, -0.1) is 0 Å². The minimum atomic E-state index is -0.310. The molecular weight excluding hydrogens is 410 g/mol. The molecule has 2 aromatic carbocycles. The number of amides is 1. The minimum Gasteiger partial charge on any atom is -0.493 e. The van der Waals surface area contributed by atoms with Crippen LogP contribution in [0, 0.1) is 0 Å². The van der Waals surface area contributed by atoms with Gasteiger partial charge in [0.1, 0.15) is 0 Å². The summed E-state index contributed by atoms with van der Waals surface area (Å²) in [5, 5.41) is 11.4. The molecule has 164 valence electrons. The third-order valence-electron chi connectivity index (χ3n) is 4.69. The Morgan fingerprint density at radius 2 is 1.75 bits per heavy atom. The predicted octanol–water partition coefficient (Wildman–Crippen LogP) is 3.43. The molecule has 0 radical (unpaired) electrons. The molecule has 32 heavy (non-hydrogen) atoms. The molecule has 0 saturated heterocycles. The fourth-order valence-electron chi connectivity index (χ4n) is 3.17. The molecule has 0 unspecified atom stereocenters. The zero-order chi connectivity index (χ0) is 22.3. The Labute approximate surface area is 185 Å². The fourth-order valence-corrected chi connectivity index (χ4v) is 3.17. The quantitative estimate of drug-likeness (QED) is 0.435. The van der Waals surface area contributed by atoms with E-state index < -0.39 is 0 Å². The maximum atomic E-state index is 12.6. The summed E-state index contributed by atoms with van der Waals surface area (Å²) >= 11 is 0. The molecule has 1 amide bonds. The Hall–Kier alpha value is -4.27. The highest BCUT2D eigenvalue weighted by atomic mass is 16.5. The highest BCUT2D eigenvalue weighted by Gasteiger charge is 2.14. The fraction of sp³-hybridized carbons (Fsp3) is 0.174. The number of carbonyl (C=O) groups is 1. The summed E-state index contributed by atoms with van der Waals surface area (Å²) in [6, 6.07) is 16.5. The number of hydrogen-bond acceptors (Lipinski definition) is 6. The molecule has 2 aromatic heterocycles. The van der Waals surface area contributed by atoms with Crippen molar-refractivity contribution in [3.63, 3.8) is 0 Å². The van der Waals surface area contributed by atoms with Gasteiger partial charge >= 0.3 is 0 Å². The lowest BCUT2D eigenvalue weighted by molar-refractivity contribution is 0.102. The van der Waals surface area contributed by atoms with Crippen LogP contribution in [0.25, 0.3) is 0 Å². The van der Waals surface area contributed by atoms with Crippen LogP contribution in [-0.4, -0.2) is 39.7 Å². The molecule has 0 atom stereocenters. The van der Waals surface area contributed by atoms with Crippen molar-refractivity contribution in [2.24, 2.45) is 0 Å². The van der Waals surface area contributed by atoms with Crippen LogP contribution in [0.4, 0.5) is 5.69 Å². The smallest absolute Gasteiger partial charge is 0.276 e. The largest absolute Gasteiger partial charge is 0.493 e. The van der Waals surface area contributed by atoms with Crippen LogP contribution >= 0.6 is 0 Å². The number of rotatable bonds is 9. The summed E-state index contributed by atoms with van der Waals surface area (Å²) in [6.07, 6.45) is 5.29. The zero-order valence-corrected chi connectivity index (χ0v) is 17.8. The lowest BCUT2D eigenvalue weighted by Gasteiger charge is -2.13. The monoisotopic (exact) mass is 433 g/mol. The van der Waals surface area contributed by atoms with E-state index in [1.165, 1.54) is 4.68 Å². The van der Waals surface area contributed by atoms with Crippen molar-refractivity contribution < 1.29 is 19.0 Å². The first-order chi connectivity index (χ1) is 15.7. The molecule has 0 saturated carbocycles. The molecule has 1 N–H and O–H groups in total.